The van der Waals surface area contributed by atoms with Crippen LogP contribution >= 0.6 is 15.9 Å². The zero-order chi connectivity index (χ0) is 53.3. The number of carbonyl (C=O) groups is 7. The summed E-state index contributed by atoms with van der Waals surface area (Å²) in [5.41, 5.74) is 15.4. The van der Waals surface area contributed by atoms with Gasteiger partial charge in [0.05, 0.1) is 44.6 Å². The van der Waals surface area contributed by atoms with E-state index in [1.807, 2.05) is 76.5 Å². The minimum absolute atomic E-state index is 0.00991. The molecule has 6 heterocycles. The molecule has 18 nitrogen and oxygen atoms in total. The number of Topliss-reactive ketones (excluding diaryl/α,β-unsaturated/α-hetero) is 2. The molecule has 5 N–H and O–H groups in total. The molecule has 6 aromatic rings. The predicted octanol–water partition coefficient (Wildman–Crippen LogP) is 6.22. The first-order valence-electron chi connectivity index (χ1n) is 24.4. The van der Waals surface area contributed by atoms with Gasteiger partial charge >= 0.3 is 17.9 Å². The van der Waals surface area contributed by atoms with Crippen molar-refractivity contribution in [3.8, 4) is 0 Å². The van der Waals surface area contributed by atoms with Crippen LogP contribution in [-0.4, -0.2) is 110 Å². The van der Waals surface area contributed by atoms with E-state index in [1.165, 1.54) is 44.5 Å². The van der Waals surface area contributed by atoms with E-state index in [0.717, 1.165) is 55.7 Å². The van der Waals surface area contributed by atoms with Gasteiger partial charge in [0, 0.05) is 80.7 Å². The van der Waals surface area contributed by atoms with Gasteiger partial charge in [0.1, 0.15) is 5.33 Å². The standard InChI is InChI=1S/C20H17N5O2.C13H15NO3.C11H11NO3.C8H9N.C4H7BrO2/c26-18(11-25-9-12-3-1-2-4-13(12)10-25)23-15-5-16-19-14(7-21-17(19)6-15)8-22-24-20(16)27;1-2-17-13(16)12(15)9-14-7-10-5-3-4-6-11(10)8-14;13-10(11(14)15)7-12-5-8-3-1-2-4-9(8)6-12;1-2-4-8-6-9-5-7(8)3-1;1-2-7-4(6)3-5/h1-8,21H,9-11H2,(H,23,26)(H,24,27);3-6H,2,7-9H2,1H3;1-4H,5-7H2,(H,14,15);1-4,9H,5-6H2;2-3H2,1H3. The highest BCUT2D eigenvalue weighted by atomic mass is 79.9. The number of ketones is 2. The fourth-order valence-electron chi connectivity index (χ4n) is 9.00. The molecule has 0 bridgehead atoms. The molecule has 0 radical (unpaired) electrons. The van der Waals surface area contributed by atoms with E-state index >= 15 is 0 Å². The number of ether oxygens (including phenoxy) is 2. The van der Waals surface area contributed by atoms with E-state index in [0.29, 0.717) is 42.8 Å². The quantitative estimate of drug-likeness (QED) is 0.0520. The van der Waals surface area contributed by atoms with Crippen LogP contribution in [0.4, 0.5) is 5.69 Å². The Morgan fingerprint density at radius 3 is 1.53 bits per heavy atom. The van der Waals surface area contributed by atoms with Crippen molar-refractivity contribution < 1.29 is 48.1 Å². The van der Waals surface area contributed by atoms with Gasteiger partial charge < -0.3 is 30.2 Å². The van der Waals surface area contributed by atoms with E-state index in [1.54, 1.807) is 32.3 Å². The molecule has 0 saturated heterocycles. The topological polar surface area (TPSA) is 232 Å². The maximum absolute atomic E-state index is 12.5. The summed E-state index contributed by atoms with van der Waals surface area (Å²) in [6.45, 7) is 11.0. The molecule has 5 aliphatic heterocycles. The summed E-state index contributed by atoms with van der Waals surface area (Å²) >= 11 is 2.94. The van der Waals surface area contributed by atoms with Crippen LogP contribution < -0.4 is 16.1 Å². The molecule has 0 spiro atoms. The number of nitrogens with one attached hydrogen (secondary N) is 4. The Kier molecular flexibility index (Phi) is 19.8. The first-order chi connectivity index (χ1) is 36.3. The van der Waals surface area contributed by atoms with Gasteiger partial charge in [-0.05, 0) is 70.5 Å². The zero-order valence-corrected chi connectivity index (χ0v) is 43.3. The lowest BCUT2D eigenvalue weighted by Crippen LogP contribution is -2.31. The number of aromatic nitrogens is 1. The van der Waals surface area contributed by atoms with Gasteiger partial charge in [-0.1, -0.05) is 113 Å². The molecule has 0 aliphatic carbocycles. The SMILES string of the molecule is CCOC(=O)C(=O)CN1Cc2ccccc2C1.CCOC(=O)CBr.O=C(CN1Cc2ccccc2C1)Nc1cc2c3c(c[nH]c3c1)C=NNC2=O.O=C(O)C(=O)CN1Cc2ccccc2C1.c1ccc2c(c1)CNC2. The molecule has 5 aromatic carbocycles. The van der Waals surface area contributed by atoms with Gasteiger partial charge in [0.25, 0.3) is 17.5 Å². The fraction of sp³-hybridized carbons (Fsp3) is 0.286. The fourth-order valence-corrected chi connectivity index (χ4v) is 9.16. The molecule has 0 atom stereocenters. The molecule has 0 saturated carbocycles. The van der Waals surface area contributed by atoms with Crippen molar-refractivity contribution in [2.45, 2.75) is 66.2 Å². The number of carboxylic acids is 1. The Balaban J connectivity index is 0.000000148. The van der Waals surface area contributed by atoms with E-state index in [4.69, 9.17) is 5.11 Å². The molecule has 19 heteroatoms. The summed E-state index contributed by atoms with van der Waals surface area (Å²) in [5, 5.41) is 19.7. The van der Waals surface area contributed by atoms with Crippen molar-refractivity contribution in [2.24, 2.45) is 5.10 Å². The van der Waals surface area contributed by atoms with Gasteiger partial charge in [-0.15, -0.1) is 0 Å². The van der Waals surface area contributed by atoms with Crippen LogP contribution in [0.5, 0.6) is 0 Å². The van der Waals surface area contributed by atoms with Gasteiger partial charge in [0.2, 0.25) is 5.91 Å². The average molecular weight is 1080 g/mol. The smallest absolute Gasteiger partial charge is 0.375 e. The highest BCUT2D eigenvalue weighted by molar-refractivity contribution is 9.09. The van der Waals surface area contributed by atoms with Crippen LogP contribution in [0.2, 0.25) is 0 Å². The van der Waals surface area contributed by atoms with Crippen LogP contribution in [0.15, 0.2) is 120 Å². The number of hydrogen-bond acceptors (Lipinski definition) is 14. The average Bonchev–Trinajstić information content (AvgIpc) is 4.26. The van der Waals surface area contributed by atoms with Crippen molar-refractivity contribution in [2.75, 3.05) is 43.5 Å². The minimum Gasteiger partial charge on any atom is -0.475 e. The summed E-state index contributed by atoms with van der Waals surface area (Å²) in [6.07, 6.45) is 3.40. The summed E-state index contributed by atoms with van der Waals surface area (Å²) < 4.78 is 9.18. The summed E-state index contributed by atoms with van der Waals surface area (Å²) in [6, 6.07) is 36.2. The lowest BCUT2D eigenvalue weighted by atomic mass is 10.1. The first-order valence-corrected chi connectivity index (χ1v) is 25.5. The molecule has 390 valence electrons. The van der Waals surface area contributed by atoms with Crippen LogP contribution in [0, 0.1) is 0 Å². The Morgan fingerprint density at radius 1 is 0.640 bits per heavy atom. The van der Waals surface area contributed by atoms with Crippen LogP contribution in [-0.2, 0) is 90.6 Å². The number of alkyl halides is 1. The normalized spacial score (nSPS) is 14.5. The predicted molar refractivity (Wildman–Crippen MR) is 285 cm³/mol. The van der Waals surface area contributed by atoms with Crippen molar-refractivity contribution in [1.29, 1.82) is 0 Å². The van der Waals surface area contributed by atoms with Gasteiger partial charge in [-0.25, -0.2) is 15.0 Å². The van der Waals surface area contributed by atoms with E-state index in [-0.39, 0.29) is 37.5 Å². The van der Waals surface area contributed by atoms with Gasteiger partial charge in [-0.2, -0.15) is 5.10 Å². The number of H-pyrrole nitrogens is 1. The van der Waals surface area contributed by atoms with E-state index in [2.05, 4.69) is 92.8 Å². The zero-order valence-electron chi connectivity index (χ0n) is 41.7. The molecule has 5 aliphatic rings. The number of hydrazone groups is 1. The third-order valence-corrected chi connectivity index (χ3v) is 12.9. The summed E-state index contributed by atoms with van der Waals surface area (Å²) in [4.78, 5) is 88.1. The monoisotopic (exact) mass is 1080 g/mol. The number of rotatable bonds is 12. The second-order valence-corrected chi connectivity index (χ2v) is 18.4. The lowest BCUT2D eigenvalue weighted by molar-refractivity contribution is -0.154. The third kappa shape index (κ3) is 15.4. The molecule has 1 aromatic heterocycles. The number of hydrogen-bond donors (Lipinski definition) is 5. The van der Waals surface area contributed by atoms with Crippen molar-refractivity contribution in [1.82, 2.24) is 30.4 Å². The second-order valence-electron chi connectivity index (χ2n) is 17.9. The van der Waals surface area contributed by atoms with Crippen molar-refractivity contribution in [3.05, 3.63) is 171 Å². The van der Waals surface area contributed by atoms with Crippen LogP contribution in [0.1, 0.15) is 74.3 Å². The van der Waals surface area contributed by atoms with E-state index < -0.39 is 23.5 Å². The van der Waals surface area contributed by atoms with Crippen molar-refractivity contribution in [3.63, 3.8) is 0 Å². The molecular formula is C56H59BrN8O10. The molecule has 2 amide bonds. The maximum Gasteiger partial charge on any atom is 0.375 e. The largest absolute Gasteiger partial charge is 0.475 e. The summed E-state index contributed by atoms with van der Waals surface area (Å²) in [5.74, 6) is -3.91. The lowest BCUT2D eigenvalue weighted by Gasteiger charge is -2.15. The van der Waals surface area contributed by atoms with Gasteiger partial charge in [-0.3, -0.25) is 38.7 Å². The summed E-state index contributed by atoms with van der Waals surface area (Å²) in [7, 11) is 0. The molecule has 0 fully saturated rings. The second kappa shape index (κ2) is 27.0. The highest BCUT2D eigenvalue weighted by Crippen LogP contribution is 2.28. The molecule has 75 heavy (non-hydrogen) atoms. The Hall–Kier alpha value is -7.68. The number of esters is 2. The number of nitrogens with zero attached hydrogens (tertiary/aromatic N) is 4. The van der Waals surface area contributed by atoms with Crippen LogP contribution in [0.3, 0.4) is 0 Å². The Bertz CT molecular complexity index is 2990. The number of aromatic amines is 1. The number of halogens is 1. The minimum atomic E-state index is -1.36. The van der Waals surface area contributed by atoms with Crippen LogP contribution in [0.25, 0.3) is 10.9 Å². The number of anilines is 1. The van der Waals surface area contributed by atoms with Crippen molar-refractivity contribution >= 4 is 80.0 Å². The number of carboxylic acid groups (broad SMARTS) is 1. The number of aliphatic carboxylic acids is 1. The number of fused-ring (bicyclic) bond motifs is 4. The molecular weight excluding hydrogens is 1020 g/mol. The number of benzene rings is 5. The Labute approximate surface area is 442 Å². The number of amides is 2. The molecule has 0 unspecified atom stereocenters. The first kappa shape index (κ1) is 55.1. The third-order valence-electron chi connectivity index (χ3n) is 12.4. The maximum atomic E-state index is 12.5. The Morgan fingerprint density at radius 2 is 1.09 bits per heavy atom. The van der Waals surface area contributed by atoms with E-state index in [9.17, 15) is 33.6 Å². The molecule has 11 rings (SSSR count). The number of carbonyl (C=O) groups excluding carboxylic acids is 6. The highest BCUT2D eigenvalue weighted by Gasteiger charge is 2.26. The van der Waals surface area contributed by atoms with Gasteiger partial charge in [0.15, 0.2) is 0 Å².